The largest absolute Gasteiger partial charge is 0.452 e. The summed E-state index contributed by atoms with van der Waals surface area (Å²) in [6, 6.07) is 12.1. The Morgan fingerprint density at radius 1 is 1.19 bits per heavy atom. The maximum Gasteiger partial charge on any atom is 0.345 e. The number of carbonyl (C=O) groups excluding carboxylic acids is 2. The molecule has 0 N–H and O–H groups in total. The Balaban J connectivity index is 2.11. The molecule has 0 aromatic heterocycles. The van der Waals surface area contributed by atoms with Crippen LogP contribution >= 0.6 is 0 Å². The zero-order valence-electron chi connectivity index (χ0n) is 14.0. The SMILES string of the molecule is N#CCCN(C(=O)COC(=O)c1ccccc1[N+](=O)[O-])c1ccc(F)cc1. The highest BCUT2D eigenvalue weighted by Crippen LogP contribution is 2.19. The summed E-state index contributed by atoms with van der Waals surface area (Å²) in [5.41, 5.74) is -0.381. The van der Waals surface area contributed by atoms with Crippen LogP contribution in [0.25, 0.3) is 0 Å². The highest BCUT2D eigenvalue weighted by atomic mass is 19.1. The predicted octanol–water partition coefficient (Wildman–Crippen LogP) is 2.84. The fourth-order valence-electron chi connectivity index (χ4n) is 2.27. The van der Waals surface area contributed by atoms with Gasteiger partial charge in [0, 0.05) is 18.3 Å². The molecule has 0 unspecified atom stereocenters. The summed E-state index contributed by atoms with van der Waals surface area (Å²) in [5, 5.41) is 19.7. The van der Waals surface area contributed by atoms with E-state index in [9.17, 15) is 24.1 Å². The van der Waals surface area contributed by atoms with Crippen molar-refractivity contribution in [3.8, 4) is 6.07 Å². The van der Waals surface area contributed by atoms with Gasteiger partial charge in [0.05, 0.1) is 17.4 Å². The van der Waals surface area contributed by atoms with E-state index in [0.29, 0.717) is 5.69 Å². The molecule has 138 valence electrons. The van der Waals surface area contributed by atoms with Crippen molar-refractivity contribution in [1.29, 1.82) is 5.26 Å². The number of nitro groups is 1. The minimum absolute atomic E-state index is 0.0151. The Morgan fingerprint density at radius 3 is 2.48 bits per heavy atom. The highest BCUT2D eigenvalue weighted by molar-refractivity contribution is 5.98. The zero-order chi connectivity index (χ0) is 19.8. The molecule has 2 aromatic carbocycles. The number of carbonyl (C=O) groups is 2. The monoisotopic (exact) mass is 371 g/mol. The van der Waals surface area contributed by atoms with Gasteiger partial charge in [0.25, 0.3) is 11.6 Å². The van der Waals surface area contributed by atoms with Crippen LogP contribution in [0.2, 0.25) is 0 Å². The summed E-state index contributed by atoms with van der Waals surface area (Å²) < 4.78 is 18.0. The molecule has 8 nitrogen and oxygen atoms in total. The second-order valence-corrected chi connectivity index (χ2v) is 5.28. The van der Waals surface area contributed by atoms with Crippen LogP contribution in [0.1, 0.15) is 16.8 Å². The van der Waals surface area contributed by atoms with Gasteiger partial charge in [-0.25, -0.2) is 9.18 Å². The van der Waals surface area contributed by atoms with Crippen molar-refractivity contribution in [3.05, 3.63) is 70.0 Å². The van der Waals surface area contributed by atoms with Gasteiger partial charge in [-0.1, -0.05) is 12.1 Å². The third kappa shape index (κ3) is 5.09. The Hall–Kier alpha value is -3.80. The van der Waals surface area contributed by atoms with Crippen LogP contribution in [0.3, 0.4) is 0 Å². The quantitative estimate of drug-likeness (QED) is 0.420. The molecule has 1 amide bonds. The molecule has 0 fully saturated rings. The van der Waals surface area contributed by atoms with Gasteiger partial charge < -0.3 is 9.64 Å². The van der Waals surface area contributed by atoms with Crippen LogP contribution in [0, 0.1) is 27.3 Å². The van der Waals surface area contributed by atoms with Crippen LogP contribution in [-0.4, -0.2) is 30.0 Å². The fraction of sp³-hybridized carbons (Fsp3) is 0.167. The maximum atomic E-state index is 13.1. The number of esters is 1. The van der Waals surface area contributed by atoms with Crippen LogP contribution in [-0.2, 0) is 9.53 Å². The number of ether oxygens (including phenoxy) is 1. The van der Waals surface area contributed by atoms with Crippen molar-refractivity contribution < 1.29 is 23.6 Å². The Bertz CT molecular complexity index is 893. The van der Waals surface area contributed by atoms with Crippen molar-refractivity contribution in [2.75, 3.05) is 18.1 Å². The lowest BCUT2D eigenvalue weighted by atomic mass is 10.2. The van der Waals surface area contributed by atoms with Crippen LogP contribution < -0.4 is 4.90 Å². The Morgan fingerprint density at radius 2 is 1.85 bits per heavy atom. The van der Waals surface area contributed by atoms with Crippen molar-refractivity contribution >= 4 is 23.3 Å². The minimum Gasteiger partial charge on any atom is -0.452 e. The second-order valence-electron chi connectivity index (χ2n) is 5.28. The molecular formula is C18H14FN3O5. The molecule has 27 heavy (non-hydrogen) atoms. The van der Waals surface area contributed by atoms with Gasteiger partial charge in [-0.2, -0.15) is 5.26 Å². The van der Waals surface area contributed by atoms with E-state index < -0.39 is 34.9 Å². The molecule has 0 aliphatic heterocycles. The lowest BCUT2D eigenvalue weighted by Gasteiger charge is -2.21. The summed E-state index contributed by atoms with van der Waals surface area (Å²) in [5.74, 6) is -2.16. The number of hydrogen-bond donors (Lipinski definition) is 0. The first-order chi connectivity index (χ1) is 12.9. The Kier molecular flexibility index (Phi) is 6.55. The Labute approximate surface area is 153 Å². The molecule has 2 aromatic rings. The number of nitrogens with zero attached hydrogens (tertiary/aromatic N) is 3. The van der Waals surface area contributed by atoms with Crippen molar-refractivity contribution in [2.45, 2.75) is 6.42 Å². The fourth-order valence-corrected chi connectivity index (χ4v) is 2.27. The van der Waals surface area contributed by atoms with E-state index in [1.807, 2.05) is 6.07 Å². The number of amides is 1. The molecule has 0 aliphatic carbocycles. The van der Waals surface area contributed by atoms with E-state index in [1.165, 1.54) is 35.2 Å². The van der Waals surface area contributed by atoms with Gasteiger partial charge in [0.15, 0.2) is 6.61 Å². The number of para-hydroxylation sites is 1. The van der Waals surface area contributed by atoms with Crippen LogP contribution in [0.4, 0.5) is 15.8 Å². The third-order valence-electron chi connectivity index (χ3n) is 3.53. The molecule has 0 aliphatic rings. The van der Waals surface area contributed by atoms with E-state index in [2.05, 4.69) is 0 Å². The van der Waals surface area contributed by atoms with Gasteiger partial charge in [0.2, 0.25) is 0 Å². The van der Waals surface area contributed by atoms with Gasteiger partial charge in [0.1, 0.15) is 11.4 Å². The molecular weight excluding hydrogens is 357 g/mol. The number of halogens is 1. The van der Waals surface area contributed by atoms with Crippen molar-refractivity contribution in [1.82, 2.24) is 0 Å². The number of nitro benzene ring substituents is 1. The lowest BCUT2D eigenvalue weighted by Crippen LogP contribution is -2.35. The average molecular weight is 371 g/mol. The highest BCUT2D eigenvalue weighted by Gasteiger charge is 2.23. The van der Waals surface area contributed by atoms with Gasteiger partial charge in [-0.05, 0) is 30.3 Å². The molecule has 0 spiro atoms. The van der Waals surface area contributed by atoms with Crippen molar-refractivity contribution in [3.63, 3.8) is 0 Å². The summed E-state index contributed by atoms with van der Waals surface area (Å²) >= 11 is 0. The molecule has 0 heterocycles. The first-order valence-electron chi connectivity index (χ1n) is 7.77. The molecule has 2 rings (SSSR count). The van der Waals surface area contributed by atoms with Crippen LogP contribution in [0.5, 0.6) is 0 Å². The molecule has 9 heteroatoms. The maximum absolute atomic E-state index is 13.1. The number of rotatable bonds is 7. The normalized spacial score (nSPS) is 9.93. The lowest BCUT2D eigenvalue weighted by molar-refractivity contribution is -0.385. The summed E-state index contributed by atoms with van der Waals surface area (Å²) in [6.07, 6.45) is 0.0151. The smallest absolute Gasteiger partial charge is 0.345 e. The minimum atomic E-state index is -1.02. The van der Waals surface area contributed by atoms with E-state index in [4.69, 9.17) is 10.00 Å². The van der Waals surface area contributed by atoms with Gasteiger partial charge in [-0.3, -0.25) is 14.9 Å². The molecule has 0 saturated carbocycles. The van der Waals surface area contributed by atoms with E-state index in [-0.39, 0.29) is 18.5 Å². The third-order valence-corrected chi connectivity index (χ3v) is 3.53. The summed E-state index contributed by atoms with van der Waals surface area (Å²) in [4.78, 5) is 35.9. The summed E-state index contributed by atoms with van der Waals surface area (Å²) in [6.45, 7) is -0.669. The molecule has 0 bridgehead atoms. The van der Waals surface area contributed by atoms with Crippen LogP contribution in [0.15, 0.2) is 48.5 Å². The summed E-state index contributed by atoms with van der Waals surface area (Å²) in [7, 11) is 0. The standard InChI is InChI=1S/C18H14FN3O5/c19-13-6-8-14(9-7-13)21(11-3-10-20)17(23)12-27-18(24)15-4-1-2-5-16(15)22(25)26/h1-2,4-9H,3,11-12H2. The topological polar surface area (TPSA) is 114 Å². The van der Waals surface area contributed by atoms with Gasteiger partial charge in [-0.15, -0.1) is 0 Å². The van der Waals surface area contributed by atoms with Crippen molar-refractivity contribution in [2.24, 2.45) is 0 Å². The number of nitriles is 1. The zero-order valence-corrected chi connectivity index (χ0v) is 14.0. The molecule has 0 radical (unpaired) electrons. The van der Waals surface area contributed by atoms with E-state index in [1.54, 1.807) is 0 Å². The average Bonchev–Trinajstić information content (AvgIpc) is 2.67. The molecule has 0 atom stereocenters. The number of benzene rings is 2. The number of anilines is 1. The first-order valence-corrected chi connectivity index (χ1v) is 7.77. The van der Waals surface area contributed by atoms with E-state index in [0.717, 1.165) is 18.2 Å². The van der Waals surface area contributed by atoms with Gasteiger partial charge >= 0.3 is 5.97 Å². The second kappa shape index (κ2) is 9.05. The molecule has 0 saturated heterocycles. The van der Waals surface area contributed by atoms with E-state index >= 15 is 0 Å². The first kappa shape index (κ1) is 19.5. The number of hydrogen-bond acceptors (Lipinski definition) is 6. The predicted molar refractivity (Wildman–Crippen MR) is 92.4 cm³/mol.